The molecule has 0 aliphatic carbocycles. The Morgan fingerprint density at radius 2 is 1.70 bits per heavy atom. The van der Waals surface area contributed by atoms with E-state index in [9.17, 15) is 13.2 Å². The van der Waals surface area contributed by atoms with Crippen LogP contribution in [0.4, 0.5) is 0 Å². The largest absolute Gasteiger partial charge is 0.460 e. The van der Waals surface area contributed by atoms with Gasteiger partial charge in [-0.3, -0.25) is 4.79 Å². The molecule has 0 spiro atoms. The van der Waals surface area contributed by atoms with Gasteiger partial charge in [0.2, 0.25) is 10.0 Å². The first kappa shape index (κ1) is 22.2. The number of alkyl halides is 1. The van der Waals surface area contributed by atoms with Gasteiger partial charge in [-0.15, -0.1) is 6.58 Å². The van der Waals surface area contributed by atoms with Crippen LogP contribution < -0.4 is 0 Å². The van der Waals surface area contributed by atoms with E-state index in [-0.39, 0.29) is 23.4 Å². The van der Waals surface area contributed by atoms with Gasteiger partial charge in [0.15, 0.2) is 0 Å². The molecule has 1 atom stereocenters. The van der Waals surface area contributed by atoms with Crippen LogP contribution in [-0.2, 0) is 26.2 Å². The Morgan fingerprint density at radius 1 is 1.03 bits per heavy atom. The van der Waals surface area contributed by atoms with Gasteiger partial charge in [0, 0.05) is 11.9 Å². The summed E-state index contributed by atoms with van der Waals surface area (Å²) >= 11 is 3.28. The van der Waals surface area contributed by atoms with Crippen molar-refractivity contribution in [3.05, 3.63) is 91.0 Å². The predicted octanol–water partition coefficient (Wildman–Crippen LogP) is 4.52. The van der Waals surface area contributed by atoms with E-state index >= 15 is 0 Å². The van der Waals surface area contributed by atoms with Gasteiger partial charge in [-0.1, -0.05) is 82.7 Å². The van der Waals surface area contributed by atoms with E-state index in [4.69, 9.17) is 4.74 Å². The van der Waals surface area contributed by atoms with Crippen LogP contribution in [0.1, 0.15) is 5.56 Å². The quantitative estimate of drug-likeness (QED) is 0.252. The van der Waals surface area contributed by atoms with Gasteiger partial charge in [-0.2, -0.15) is 4.31 Å². The average Bonchev–Trinajstić information content (AvgIpc) is 2.78. The Kier molecular flexibility index (Phi) is 7.42. The fourth-order valence-electron chi connectivity index (χ4n) is 3.07. The highest BCUT2D eigenvalue weighted by atomic mass is 79.9. The van der Waals surface area contributed by atoms with E-state index in [1.54, 1.807) is 18.2 Å². The number of benzene rings is 3. The molecule has 0 bridgehead atoms. The molecule has 3 aromatic rings. The van der Waals surface area contributed by atoms with Gasteiger partial charge >= 0.3 is 5.97 Å². The molecule has 5 nitrogen and oxygen atoms in total. The first-order chi connectivity index (χ1) is 14.5. The van der Waals surface area contributed by atoms with E-state index in [1.165, 1.54) is 6.08 Å². The van der Waals surface area contributed by atoms with Gasteiger partial charge in [0.05, 0.1) is 4.90 Å². The maximum Gasteiger partial charge on any atom is 0.325 e. The fraction of sp³-hybridized carbons (Fsp3) is 0.174. The number of carbonyl (C=O) groups excluding carboxylic acids is 1. The Morgan fingerprint density at radius 3 is 2.37 bits per heavy atom. The number of halogens is 1. The zero-order chi connectivity index (χ0) is 21.6. The number of nitrogens with zero attached hydrogens (tertiary/aromatic N) is 1. The fourth-order valence-corrected chi connectivity index (χ4v) is 5.46. The van der Waals surface area contributed by atoms with Crippen LogP contribution in [-0.4, -0.2) is 36.6 Å². The summed E-state index contributed by atoms with van der Waals surface area (Å²) in [5.74, 6) is -0.623. The third-order valence-corrected chi connectivity index (χ3v) is 7.11. The van der Waals surface area contributed by atoms with Gasteiger partial charge in [0.25, 0.3) is 0 Å². The van der Waals surface area contributed by atoms with Crippen molar-refractivity contribution in [2.75, 3.05) is 11.9 Å². The number of sulfonamides is 1. The number of rotatable bonds is 9. The van der Waals surface area contributed by atoms with Crippen LogP contribution >= 0.6 is 15.9 Å². The van der Waals surface area contributed by atoms with Crippen LogP contribution in [0.5, 0.6) is 0 Å². The van der Waals surface area contributed by atoms with Gasteiger partial charge in [0.1, 0.15) is 12.6 Å². The first-order valence-corrected chi connectivity index (χ1v) is 11.9. The molecule has 0 aliphatic rings. The lowest BCUT2D eigenvalue weighted by molar-refractivity contribution is -0.148. The molecule has 3 aromatic carbocycles. The highest BCUT2D eigenvalue weighted by Crippen LogP contribution is 2.24. The number of ether oxygens (including phenoxy) is 1. The minimum Gasteiger partial charge on any atom is -0.460 e. The molecule has 0 amide bonds. The molecule has 7 heteroatoms. The first-order valence-electron chi connectivity index (χ1n) is 9.35. The second kappa shape index (κ2) is 10.0. The van der Waals surface area contributed by atoms with Crippen molar-refractivity contribution in [1.29, 1.82) is 0 Å². The maximum absolute atomic E-state index is 13.4. The normalized spacial score (nSPS) is 12.6. The van der Waals surface area contributed by atoms with Gasteiger partial charge < -0.3 is 4.74 Å². The van der Waals surface area contributed by atoms with E-state index in [2.05, 4.69) is 22.5 Å². The predicted molar refractivity (Wildman–Crippen MR) is 122 cm³/mol. The molecule has 156 valence electrons. The molecule has 0 radical (unpaired) electrons. The summed E-state index contributed by atoms with van der Waals surface area (Å²) in [5.41, 5.74) is 0.826. The van der Waals surface area contributed by atoms with E-state index < -0.39 is 22.0 Å². The number of fused-ring (bicyclic) bond motifs is 1. The molecular weight excluding hydrogens is 466 g/mol. The Bertz CT molecular complexity index is 1130. The SMILES string of the molecule is C=CCN([C@@H](CBr)C(=O)OCc1ccccc1)S(=O)(=O)c1ccc2ccccc2c1. The summed E-state index contributed by atoms with van der Waals surface area (Å²) < 4.78 is 33.3. The highest BCUT2D eigenvalue weighted by molar-refractivity contribution is 9.09. The summed E-state index contributed by atoms with van der Waals surface area (Å²) in [5, 5.41) is 1.84. The summed E-state index contributed by atoms with van der Waals surface area (Å²) in [7, 11) is -3.96. The summed E-state index contributed by atoms with van der Waals surface area (Å²) in [6.07, 6.45) is 1.46. The molecule has 30 heavy (non-hydrogen) atoms. The molecule has 0 saturated heterocycles. The molecule has 0 heterocycles. The minimum absolute atomic E-state index is 0.0220. The topological polar surface area (TPSA) is 63.7 Å². The number of hydrogen-bond donors (Lipinski definition) is 0. The summed E-state index contributed by atoms with van der Waals surface area (Å²) in [6, 6.07) is 20.6. The molecule has 0 unspecified atom stereocenters. The lowest BCUT2D eigenvalue weighted by atomic mass is 10.1. The van der Waals surface area contributed by atoms with Crippen molar-refractivity contribution in [2.24, 2.45) is 0 Å². The molecule has 0 fully saturated rings. The second-order valence-corrected chi connectivity index (χ2v) is 9.17. The molecule has 0 saturated carbocycles. The van der Waals surface area contributed by atoms with Crippen molar-refractivity contribution >= 4 is 42.7 Å². The molecule has 0 aliphatic heterocycles. The standard InChI is InChI=1S/C23H22BrNO4S/c1-2-14-25(22(16-24)23(26)29-17-18-8-4-3-5-9-18)30(27,28)21-13-12-19-10-6-7-11-20(19)15-21/h2-13,15,22H,1,14,16-17H2/t22-/m0/s1. The van der Waals surface area contributed by atoms with E-state index in [0.717, 1.165) is 20.6 Å². The molecule has 0 N–H and O–H groups in total. The maximum atomic E-state index is 13.4. The van der Waals surface area contributed by atoms with Gasteiger partial charge in [-0.25, -0.2) is 8.42 Å². The number of carbonyl (C=O) groups is 1. The second-order valence-electron chi connectivity index (χ2n) is 6.64. The third kappa shape index (κ3) is 4.98. The lowest BCUT2D eigenvalue weighted by Gasteiger charge is -2.27. The van der Waals surface area contributed by atoms with Crippen LogP contribution in [0.2, 0.25) is 0 Å². The third-order valence-electron chi connectivity index (χ3n) is 4.63. The Balaban J connectivity index is 1.88. The highest BCUT2D eigenvalue weighted by Gasteiger charge is 2.35. The van der Waals surface area contributed by atoms with Crippen molar-refractivity contribution in [1.82, 2.24) is 4.31 Å². The molecule has 0 aromatic heterocycles. The molecule has 3 rings (SSSR count). The summed E-state index contributed by atoms with van der Waals surface area (Å²) in [4.78, 5) is 12.9. The molecular formula is C23H22BrNO4S. The smallest absolute Gasteiger partial charge is 0.325 e. The van der Waals surface area contributed by atoms with Crippen molar-refractivity contribution in [3.8, 4) is 0 Å². The van der Waals surface area contributed by atoms with Crippen molar-refractivity contribution < 1.29 is 17.9 Å². The van der Waals surface area contributed by atoms with E-state index in [1.807, 2.05) is 54.6 Å². The van der Waals surface area contributed by atoms with Crippen LogP contribution in [0.15, 0.2) is 90.3 Å². The van der Waals surface area contributed by atoms with Crippen LogP contribution in [0.3, 0.4) is 0 Å². The van der Waals surface area contributed by atoms with E-state index in [0.29, 0.717) is 0 Å². The minimum atomic E-state index is -3.96. The van der Waals surface area contributed by atoms with Crippen LogP contribution in [0.25, 0.3) is 10.8 Å². The lowest BCUT2D eigenvalue weighted by Crippen LogP contribution is -2.46. The zero-order valence-electron chi connectivity index (χ0n) is 16.3. The average molecular weight is 488 g/mol. The van der Waals surface area contributed by atoms with Crippen LogP contribution in [0, 0.1) is 0 Å². The summed E-state index contributed by atoms with van der Waals surface area (Å²) in [6.45, 7) is 3.70. The van der Waals surface area contributed by atoms with Crippen molar-refractivity contribution in [2.45, 2.75) is 17.5 Å². The number of esters is 1. The Hall–Kier alpha value is -2.48. The number of hydrogen-bond acceptors (Lipinski definition) is 4. The van der Waals surface area contributed by atoms with Gasteiger partial charge in [-0.05, 0) is 28.5 Å². The zero-order valence-corrected chi connectivity index (χ0v) is 18.7. The van der Waals surface area contributed by atoms with Crippen molar-refractivity contribution in [3.63, 3.8) is 0 Å². The monoisotopic (exact) mass is 487 g/mol. The Labute approximate surface area is 185 Å².